The number of hydrogen-bond donors (Lipinski definition) is 2. The van der Waals surface area contributed by atoms with Gasteiger partial charge in [0.2, 0.25) is 0 Å². The summed E-state index contributed by atoms with van der Waals surface area (Å²) in [5.74, 6) is -0.599. The molecule has 0 saturated carbocycles. The maximum Gasteiger partial charge on any atom is 0.259 e. The molecule has 0 spiro atoms. The minimum atomic E-state index is -1.58. The van der Waals surface area contributed by atoms with E-state index in [0.717, 1.165) is 5.56 Å². The van der Waals surface area contributed by atoms with Crippen molar-refractivity contribution in [3.05, 3.63) is 88.4 Å². The molecule has 158 valence electrons. The summed E-state index contributed by atoms with van der Waals surface area (Å²) in [5, 5.41) is 3.28. The maximum absolute atomic E-state index is 13.5. The van der Waals surface area contributed by atoms with E-state index in [0.29, 0.717) is 44.7 Å². The van der Waals surface area contributed by atoms with E-state index in [9.17, 15) is 13.8 Å². The Bertz CT molecular complexity index is 1200. The molecule has 0 radical (unpaired) electrons. The lowest BCUT2D eigenvalue weighted by Crippen LogP contribution is -2.31. The monoisotopic (exact) mass is 453 g/mol. The number of nitrogens with two attached hydrogens (primary N) is 1. The van der Waals surface area contributed by atoms with E-state index in [1.807, 2.05) is 12.1 Å². The van der Waals surface area contributed by atoms with Crippen LogP contribution in [0, 0.1) is 0 Å². The number of fused-ring (bicyclic) bond motifs is 2. The number of carbonyl (C=O) groups is 2. The fourth-order valence-electron chi connectivity index (χ4n) is 3.47. The van der Waals surface area contributed by atoms with Crippen LogP contribution in [0.2, 0.25) is 5.02 Å². The molecule has 0 bridgehead atoms. The molecule has 1 unspecified atom stereocenters. The van der Waals surface area contributed by atoms with Gasteiger partial charge in [0.25, 0.3) is 11.8 Å². The number of nitrogens with zero attached hydrogens (tertiary/aromatic N) is 1. The Hall–Kier alpha value is -3.00. The fourth-order valence-corrected chi connectivity index (χ4v) is 5.02. The van der Waals surface area contributed by atoms with Crippen molar-refractivity contribution >= 4 is 39.9 Å². The van der Waals surface area contributed by atoms with Crippen LogP contribution >= 0.6 is 11.6 Å². The second-order valence-corrected chi connectivity index (χ2v) is 8.87. The van der Waals surface area contributed by atoms with Gasteiger partial charge in [-0.1, -0.05) is 35.9 Å². The van der Waals surface area contributed by atoms with Crippen LogP contribution in [-0.2, 0) is 17.3 Å². The van der Waals surface area contributed by atoms with Crippen LogP contribution in [-0.4, -0.2) is 29.1 Å². The van der Waals surface area contributed by atoms with Crippen molar-refractivity contribution in [2.45, 2.75) is 16.3 Å². The molecule has 2 amide bonds. The van der Waals surface area contributed by atoms with Crippen LogP contribution in [0.25, 0.3) is 0 Å². The second-order valence-electron chi connectivity index (χ2n) is 7.01. The normalized spacial score (nSPS) is 15.1. The number of amides is 2. The first-order valence-electron chi connectivity index (χ1n) is 9.69. The highest BCUT2D eigenvalue weighted by atomic mass is 35.5. The molecule has 1 heterocycles. The van der Waals surface area contributed by atoms with Crippen LogP contribution in [0.15, 0.2) is 76.5 Å². The molecule has 1 aliphatic rings. The standard InChI is InChI=1S/C23H20ClN3O3S/c24-17-5-3-4-15(12-17)14-27-19-13-16(22(28)26-11-10-25)8-9-21(19)31(30)20-7-2-1-6-18(20)23(27)29/h1-9,12-13H,10-11,14,25H2,(H,26,28). The Labute approximate surface area is 187 Å². The number of rotatable bonds is 5. The van der Waals surface area contributed by atoms with Gasteiger partial charge >= 0.3 is 0 Å². The highest BCUT2D eigenvalue weighted by Gasteiger charge is 2.31. The first-order valence-corrected chi connectivity index (χ1v) is 11.2. The summed E-state index contributed by atoms with van der Waals surface area (Å²) in [7, 11) is -1.58. The summed E-state index contributed by atoms with van der Waals surface area (Å²) in [5.41, 5.74) is 7.45. The van der Waals surface area contributed by atoms with Crippen molar-refractivity contribution in [3.63, 3.8) is 0 Å². The maximum atomic E-state index is 13.5. The van der Waals surface area contributed by atoms with Crippen LogP contribution in [0.5, 0.6) is 0 Å². The van der Waals surface area contributed by atoms with E-state index in [2.05, 4.69) is 5.32 Å². The molecule has 6 nitrogen and oxygen atoms in total. The number of anilines is 1. The zero-order valence-electron chi connectivity index (χ0n) is 16.5. The largest absolute Gasteiger partial charge is 0.351 e. The summed E-state index contributed by atoms with van der Waals surface area (Å²) < 4.78 is 13.4. The molecule has 0 saturated heterocycles. The topological polar surface area (TPSA) is 92.5 Å². The van der Waals surface area contributed by atoms with Crippen LogP contribution in [0.3, 0.4) is 0 Å². The minimum absolute atomic E-state index is 0.214. The molecule has 3 aromatic rings. The smallest absolute Gasteiger partial charge is 0.259 e. The Morgan fingerprint density at radius 3 is 2.61 bits per heavy atom. The van der Waals surface area contributed by atoms with Gasteiger partial charge in [0, 0.05) is 23.7 Å². The molecule has 0 fully saturated rings. The number of benzene rings is 3. The Balaban J connectivity index is 1.86. The minimum Gasteiger partial charge on any atom is -0.351 e. The number of hydrogen-bond acceptors (Lipinski definition) is 4. The van der Waals surface area contributed by atoms with Crippen LogP contribution < -0.4 is 16.0 Å². The SMILES string of the molecule is NCCNC(=O)c1ccc2c(c1)N(Cc1cccc(Cl)c1)C(=O)c1ccccc1S2=O. The number of nitrogens with one attached hydrogen (secondary N) is 1. The van der Waals surface area contributed by atoms with Gasteiger partial charge in [-0.25, -0.2) is 4.21 Å². The van der Waals surface area contributed by atoms with Gasteiger partial charge in [-0.2, -0.15) is 0 Å². The first kappa shape index (κ1) is 21.2. The van der Waals surface area contributed by atoms with Crippen LogP contribution in [0.1, 0.15) is 26.3 Å². The zero-order valence-corrected chi connectivity index (χ0v) is 18.1. The third kappa shape index (κ3) is 4.25. The average Bonchev–Trinajstić information content (AvgIpc) is 2.87. The lowest BCUT2D eigenvalue weighted by Gasteiger charge is -2.23. The van der Waals surface area contributed by atoms with Crippen molar-refractivity contribution in [2.24, 2.45) is 5.73 Å². The predicted molar refractivity (Wildman–Crippen MR) is 121 cm³/mol. The molecular weight excluding hydrogens is 434 g/mol. The quantitative estimate of drug-likeness (QED) is 0.619. The molecule has 3 N–H and O–H groups in total. The third-order valence-electron chi connectivity index (χ3n) is 4.93. The second kappa shape index (κ2) is 9.01. The predicted octanol–water partition coefficient (Wildman–Crippen LogP) is 3.36. The van der Waals surface area contributed by atoms with E-state index < -0.39 is 10.8 Å². The van der Waals surface area contributed by atoms with E-state index in [-0.39, 0.29) is 18.4 Å². The third-order valence-corrected chi connectivity index (χ3v) is 6.67. The van der Waals surface area contributed by atoms with E-state index in [4.69, 9.17) is 17.3 Å². The van der Waals surface area contributed by atoms with Gasteiger partial charge < -0.3 is 16.0 Å². The van der Waals surface area contributed by atoms with Crippen molar-refractivity contribution in [2.75, 3.05) is 18.0 Å². The average molecular weight is 454 g/mol. The highest BCUT2D eigenvalue weighted by Crippen LogP contribution is 2.36. The summed E-state index contributed by atoms with van der Waals surface area (Å²) in [6.07, 6.45) is 0. The Kier molecular flexibility index (Phi) is 6.18. The van der Waals surface area contributed by atoms with Gasteiger partial charge in [0.15, 0.2) is 0 Å². The number of carbonyl (C=O) groups excluding carboxylic acids is 2. The molecule has 1 aliphatic heterocycles. The van der Waals surface area contributed by atoms with Gasteiger partial charge in [0.05, 0.1) is 38.4 Å². The van der Waals surface area contributed by atoms with E-state index in [1.165, 1.54) is 0 Å². The molecule has 8 heteroatoms. The fraction of sp³-hybridized carbons (Fsp3) is 0.130. The van der Waals surface area contributed by atoms with Crippen molar-refractivity contribution in [1.29, 1.82) is 0 Å². The Morgan fingerprint density at radius 1 is 1.03 bits per heavy atom. The van der Waals surface area contributed by atoms with Crippen molar-refractivity contribution in [1.82, 2.24) is 5.32 Å². The van der Waals surface area contributed by atoms with Crippen LogP contribution in [0.4, 0.5) is 5.69 Å². The summed E-state index contributed by atoms with van der Waals surface area (Å²) in [6.45, 7) is 0.861. The molecule has 0 aliphatic carbocycles. The van der Waals surface area contributed by atoms with Gasteiger partial charge in [-0.3, -0.25) is 9.59 Å². The van der Waals surface area contributed by atoms with E-state index in [1.54, 1.807) is 59.5 Å². The van der Waals surface area contributed by atoms with Gasteiger partial charge in [0.1, 0.15) is 0 Å². The first-order chi connectivity index (χ1) is 15.0. The molecular formula is C23H20ClN3O3S. The lowest BCUT2D eigenvalue weighted by molar-refractivity contribution is 0.0951. The zero-order chi connectivity index (χ0) is 22.0. The van der Waals surface area contributed by atoms with Gasteiger partial charge in [-0.05, 0) is 48.0 Å². The van der Waals surface area contributed by atoms with Crippen molar-refractivity contribution < 1.29 is 13.8 Å². The highest BCUT2D eigenvalue weighted by molar-refractivity contribution is 7.85. The van der Waals surface area contributed by atoms with E-state index >= 15 is 0 Å². The number of halogens is 1. The molecule has 4 rings (SSSR count). The molecule has 1 atom stereocenters. The molecule has 0 aromatic heterocycles. The summed E-state index contributed by atoms with van der Waals surface area (Å²) in [6, 6.07) is 18.9. The molecule has 31 heavy (non-hydrogen) atoms. The lowest BCUT2D eigenvalue weighted by atomic mass is 10.1. The summed E-state index contributed by atoms with van der Waals surface area (Å²) in [4.78, 5) is 28.5. The van der Waals surface area contributed by atoms with Gasteiger partial charge in [-0.15, -0.1) is 0 Å². The molecule has 3 aromatic carbocycles. The summed E-state index contributed by atoms with van der Waals surface area (Å²) >= 11 is 6.14. The Morgan fingerprint density at radius 2 is 1.84 bits per heavy atom. The van der Waals surface area contributed by atoms with Crippen molar-refractivity contribution in [3.8, 4) is 0 Å².